The Hall–Kier alpha value is -2.40. The van der Waals surface area contributed by atoms with Crippen LogP contribution in [-0.2, 0) is 6.42 Å². The minimum Gasteiger partial charge on any atom is -0.395 e. The molecule has 0 saturated heterocycles. The summed E-state index contributed by atoms with van der Waals surface area (Å²) in [6.07, 6.45) is 0.971. The van der Waals surface area contributed by atoms with E-state index in [4.69, 9.17) is 5.11 Å². The molecule has 1 aromatic heterocycles. The summed E-state index contributed by atoms with van der Waals surface area (Å²) >= 11 is 0. The Morgan fingerprint density at radius 2 is 2.14 bits per heavy atom. The van der Waals surface area contributed by atoms with Crippen LogP contribution >= 0.6 is 0 Å². The van der Waals surface area contributed by atoms with Gasteiger partial charge < -0.3 is 15.3 Å². The number of benzene rings is 1. The van der Waals surface area contributed by atoms with Crippen molar-refractivity contribution in [2.45, 2.75) is 19.4 Å². The first-order chi connectivity index (χ1) is 10.7. The van der Waals surface area contributed by atoms with Gasteiger partial charge in [0.1, 0.15) is 11.5 Å². The van der Waals surface area contributed by atoms with E-state index in [2.05, 4.69) is 34.3 Å². The van der Waals surface area contributed by atoms with Crippen molar-refractivity contribution in [1.82, 2.24) is 10.3 Å². The fraction of sp³-hybridized carbons (Fsp3) is 0.294. The highest BCUT2D eigenvalue weighted by molar-refractivity contribution is 5.92. The van der Waals surface area contributed by atoms with Crippen LogP contribution in [0.15, 0.2) is 42.5 Å². The van der Waals surface area contributed by atoms with Gasteiger partial charge in [0, 0.05) is 18.3 Å². The molecule has 22 heavy (non-hydrogen) atoms. The number of rotatable bonds is 4. The fourth-order valence-electron chi connectivity index (χ4n) is 2.86. The van der Waals surface area contributed by atoms with Crippen molar-refractivity contribution >= 4 is 17.4 Å². The highest BCUT2D eigenvalue weighted by Crippen LogP contribution is 2.36. The molecule has 2 heterocycles. The number of nitrogens with zero attached hydrogens (tertiary/aromatic N) is 2. The number of aromatic nitrogens is 1. The van der Waals surface area contributed by atoms with Crippen LogP contribution < -0.4 is 10.2 Å². The molecule has 2 aromatic rings. The van der Waals surface area contributed by atoms with Crippen molar-refractivity contribution in [3.05, 3.63) is 53.7 Å². The normalized spacial score (nSPS) is 16.5. The molecule has 1 unspecified atom stereocenters. The molecule has 1 amide bonds. The minimum absolute atomic E-state index is 0.0814. The number of para-hydroxylation sites is 1. The number of nitrogens with one attached hydrogen (secondary N) is 1. The Morgan fingerprint density at radius 1 is 1.32 bits per heavy atom. The van der Waals surface area contributed by atoms with Gasteiger partial charge in [-0.1, -0.05) is 24.3 Å². The summed E-state index contributed by atoms with van der Waals surface area (Å²) in [5.41, 5.74) is 2.81. The number of hydrogen-bond acceptors (Lipinski definition) is 4. The summed E-state index contributed by atoms with van der Waals surface area (Å²) in [7, 11) is 0. The summed E-state index contributed by atoms with van der Waals surface area (Å²) in [5.74, 6) is 0.505. The zero-order valence-corrected chi connectivity index (χ0v) is 12.5. The molecule has 1 aliphatic rings. The molecule has 0 fully saturated rings. The van der Waals surface area contributed by atoms with Gasteiger partial charge in [0.15, 0.2) is 0 Å². The fourth-order valence-corrected chi connectivity index (χ4v) is 2.86. The Morgan fingerprint density at radius 3 is 2.95 bits per heavy atom. The molecule has 2 N–H and O–H groups in total. The monoisotopic (exact) mass is 297 g/mol. The number of carbonyl (C=O) groups is 1. The number of aliphatic hydroxyl groups excluding tert-OH is 1. The predicted octanol–water partition coefficient (Wildman–Crippen LogP) is 1.89. The van der Waals surface area contributed by atoms with Crippen molar-refractivity contribution in [1.29, 1.82) is 0 Å². The number of amides is 1. The van der Waals surface area contributed by atoms with Gasteiger partial charge in [-0.3, -0.25) is 4.79 Å². The van der Waals surface area contributed by atoms with Gasteiger partial charge in [-0.05, 0) is 37.1 Å². The minimum atomic E-state index is -0.268. The van der Waals surface area contributed by atoms with E-state index in [1.54, 1.807) is 6.07 Å². The summed E-state index contributed by atoms with van der Waals surface area (Å²) in [6, 6.07) is 14.0. The van der Waals surface area contributed by atoms with Crippen LogP contribution in [0.4, 0.5) is 11.5 Å². The Labute approximate surface area is 129 Å². The van der Waals surface area contributed by atoms with E-state index < -0.39 is 0 Å². The summed E-state index contributed by atoms with van der Waals surface area (Å²) in [6.45, 7) is 2.30. The van der Waals surface area contributed by atoms with Gasteiger partial charge in [0.25, 0.3) is 5.91 Å². The van der Waals surface area contributed by atoms with Gasteiger partial charge in [0.2, 0.25) is 0 Å². The van der Waals surface area contributed by atoms with E-state index in [-0.39, 0.29) is 19.1 Å². The molecule has 5 heteroatoms. The first-order valence-electron chi connectivity index (χ1n) is 7.44. The lowest BCUT2D eigenvalue weighted by molar-refractivity contribution is 0.0940. The number of pyridine rings is 1. The Bertz CT molecular complexity index is 687. The highest BCUT2D eigenvalue weighted by atomic mass is 16.3. The van der Waals surface area contributed by atoms with Crippen LogP contribution in [0.3, 0.4) is 0 Å². The van der Waals surface area contributed by atoms with Crippen molar-refractivity contribution in [3.63, 3.8) is 0 Å². The molecule has 1 atom stereocenters. The molecule has 0 spiro atoms. The molecular formula is C17H19N3O2. The maximum Gasteiger partial charge on any atom is 0.270 e. The molecule has 1 aromatic carbocycles. The van der Waals surface area contributed by atoms with Crippen molar-refractivity contribution in [3.8, 4) is 0 Å². The molecule has 0 bridgehead atoms. The number of fused-ring (bicyclic) bond motifs is 1. The van der Waals surface area contributed by atoms with Crippen molar-refractivity contribution < 1.29 is 9.90 Å². The molecule has 5 nitrogen and oxygen atoms in total. The first kappa shape index (κ1) is 14.5. The smallest absolute Gasteiger partial charge is 0.270 e. The zero-order valence-electron chi connectivity index (χ0n) is 12.5. The van der Waals surface area contributed by atoms with Gasteiger partial charge in [0.05, 0.1) is 6.61 Å². The van der Waals surface area contributed by atoms with Crippen LogP contribution in [0.5, 0.6) is 0 Å². The number of anilines is 2. The third-order valence-electron chi connectivity index (χ3n) is 3.82. The molecule has 0 radical (unpaired) electrons. The SMILES string of the molecule is CC1Cc2ccccc2N1c1cccc(C(=O)NCCO)n1. The third kappa shape index (κ3) is 2.67. The van der Waals surface area contributed by atoms with Gasteiger partial charge in [-0.2, -0.15) is 0 Å². The lowest BCUT2D eigenvalue weighted by atomic mass is 10.1. The maximum absolute atomic E-state index is 12.0. The maximum atomic E-state index is 12.0. The Kier molecular flexibility index (Phi) is 4.06. The molecular weight excluding hydrogens is 278 g/mol. The average molecular weight is 297 g/mol. The molecule has 114 valence electrons. The summed E-state index contributed by atoms with van der Waals surface area (Å²) in [4.78, 5) is 18.6. The van der Waals surface area contributed by atoms with Crippen LogP contribution in [-0.4, -0.2) is 35.2 Å². The first-order valence-corrected chi connectivity index (χ1v) is 7.44. The van der Waals surface area contributed by atoms with E-state index >= 15 is 0 Å². The van der Waals surface area contributed by atoms with Gasteiger partial charge in [-0.15, -0.1) is 0 Å². The highest BCUT2D eigenvalue weighted by Gasteiger charge is 2.27. The van der Waals surface area contributed by atoms with E-state index in [1.165, 1.54) is 5.56 Å². The van der Waals surface area contributed by atoms with Crippen molar-refractivity contribution in [2.75, 3.05) is 18.1 Å². The van der Waals surface area contributed by atoms with Gasteiger partial charge in [-0.25, -0.2) is 4.98 Å². The predicted molar refractivity (Wildman–Crippen MR) is 85.4 cm³/mol. The van der Waals surface area contributed by atoms with Crippen LogP contribution in [0.1, 0.15) is 23.0 Å². The van der Waals surface area contributed by atoms with Crippen LogP contribution in [0.2, 0.25) is 0 Å². The molecule has 1 aliphatic heterocycles. The quantitative estimate of drug-likeness (QED) is 0.904. The van der Waals surface area contributed by atoms with Crippen molar-refractivity contribution in [2.24, 2.45) is 0 Å². The second kappa shape index (κ2) is 6.15. The van der Waals surface area contributed by atoms with Gasteiger partial charge >= 0.3 is 0 Å². The summed E-state index contributed by atoms with van der Waals surface area (Å²) < 4.78 is 0. The van der Waals surface area contributed by atoms with E-state index in [1.807, 2.05) is 24.3 Å². The third-order valence-corrected chi connectivity index (χ3v) is 3.82. The van der Waals surface area contributed by atoms with Crippen LogP contribution in [0, 0.1) is 0 Å². The topological polar surface area (TPSA) is 65.5 Å². The van der Waals surface area contributed by atoms with E-state index in [0.29, 0.717) is 11.7 Å². The van der Waals surface area contributed by atoms with Crippen LogP contribution in [0.25, 0.3) is 0 Å². The summed E-state index contributed by atoms with van der Waals surface area (Å²) in [5, 5.41) is 11.4. The molecule has 0 aliphatic carbocycles. The zero-order chi connectivity index (χ0) is 15.5. The lowest BCUT2D eigenvalue weighted by Gasteiger charge is -2.24. The second-order valence-corrected chi connectivity index (χ2v) is 5.41. The number of hydrogen-bond donors (Lipinski definition) is 2. The molecule has 3 rings (SSSR count). The van der Waals surface area contributed by atoms with E-state index in [0.717, 1.165) is 17.9 Å². The number of carbonyl (C=O) groups excluding carboxylic acids is 1. The second-order valence-electron chi connectivity index (χ2n) is 5.41. The number of aliphatic hydroxyl groups is 1. The largest absolute Gasteiger partial charge is 0.395 e. The van der Waals surface area contributed by atoms with E-state index in [9.17, 15) is 4.79 Å². The molecule has 0 saturated carbocycles. The average Bonchev–Trinajstić information content (AvgIpc) is 2.88. The Balaban J connectivity index is 1.91. The standard InChI is InChI=1S/C17H19N3O2/c1-12-11-13-5-2-3-7-15(13)20(12)16-8-4-6-14(19-16)17(22)18-9-10-21/h2-8,12,21H,9-11H2,1H3,(H,18,22). The lowest BCUT2D eigenvalue weighted by Crippen LogP contribution is -2.29.